The molecular weight excluding hydrogens is 741 g/mol. The monoisotopic (exact) mass is 779 g/mol. The van der Waals surface area contributed by atoms with E-state index in [2.05, 4.69) is 25.8 Å². The number of fused-ring (bicyclic) bond motifs is 1. The van der Waals surface area contributed by atoms with Crippen molar-refractivity contribution in [1.29, 1.82) is 0 Å². The number of ether oxygens (including phenoxy) is 2. The number of halogens is 2. The second-order valence-corrected chi connectivity index (χ2v) is 14.4. The highest BCUT2D eigenvalue weighted by Gasteiger charge is 2.24. The zero-order valence-electron chi connectivity index (χ0n) is 28.8. The van der Waals surface area contributed by atoms with Crippen LogP contribution < -0.4 is 26.2 Å². The predicted molar refractivity (Wildman–Crippen MR) is 208 cm³/mol. The van der Waals surface area contributed by atoms with Crippen LogP contribution in [0.15, 0.2) is 76.9 Å². The summed E-state index contributed by atoms with van der Waals surface area (Å²) >= 11 is 14.2. The van der Waals surface area contributed by atoms with Crippen molar-refractivity contribution in [2.75, 3.05) is 43.9 Å². The number of likely N-dealkylation sites (tertiary alicyclic amines) is 1. The first-order chi connectivity index (χ1) is 25.6. The van der Waals surface area contributed by atoms with Gasteiger partial charge in [0.15, 0.2) is 0 Å². The Morgan fingerprint density at radius 1 is 1.04 bits per heavy atom. The molecule has 2 aromatic heterocycles. The Kier molecular flexibility index (Phi) is 12.6. The summed E-state index contributed by atoms with van der Waals surface area (Å²) in [5.74, 6) is 0.223. The third kappa shape index (κ3) is 9.68. The van der Waals surface area contributed by atoms with Gasteiger partial charge in [-0.2, -0.15) is 0 Å². The summed E-state index contributed by atoms with van der Waals surface area (Å²) in [6.07, 6.45) is -0.110. The summed E-state index contributed by atoms with van der Waals surface area (Å²) in [5.41, 5.74) is 3.18. The molecule has 15 heteroatoms. The highest BCUT2D eigenvalue weighted by molar-refractivity contribution is 7.14. The Hall–Kier alpha value is -4.63. The smallest absolute Gasteiger partial charge is 0.411 e. The van der Waals surface area contributed by atoms with Crippen molar-refractivity contribution in [2.45, 2.75) is 38.0 Å². The fraction of sp³-hybridized carbons (Fsp3) is 0.289. The maximum atomic E-state index is 12.9. The lowest BCUT2D eigenvalue weighted by molar-refractivity contribution is -0.116. The number of nitrogens with one attached hydrogen (secondary N) is 4. The SMILES string of the molecule is COc1cc(NC(=O)CCN2CCC(OC(=O)Nc3ccsc3-c3cccc(Cl)c3)CC2)c(Cl)cc1CNCC(O)c1ccc(O)c2[nH]c(=O)ccc12. The number of aromatic hydroxyl groups is 1. The van der Waals surface area contributed by atoms with Crippen LogP contribution >= 0.6 is 34.5 Å². The van der Waals surface area contributed by atoms with Gasteiger partial charge < -0.3 is 40.2 Å². The van der Waals surface area contributed by atoms with Gasteiger partial charge in [-0.05, 0) is 65.7 Å². The van der Waals surface area contributed by atoms with E-state index in [0.717, 1.165) is 16.0 Å². The van der Waals surface area contributed by atoms with Crippen molar-refractivity contribution in [3.8, 4) is 21.9 Å². The number of piperidine rings is 1. The van der Waals surface area contributed by atoms with Crippen LogP contribution in [-0.4, -0.2) is 71.5 Å². The lowest BCUT2D eigenvalue weighted by Crippen LogP contribution is -2.39. The molecule has 3 heterocycles. The van der Waals surface area contributed by atoms with Gasteiger partial charge in [0, 0.05) is 67.2 Å². The Bertz CT molecular complexity index is 2150. The van der Waals surface area contributed by atoms with Crippen molar-refractivity contribution in [3.05, 3.63) is 104 Å². The fourth-order valence-electron chi connectivity index (χ4n) is 6.30. The first-order valence-corrected chi connectivity index (χ1v) is 18.6. The number of methoxy groups -OCH3 is 1. The minimum absolute atomic E-state index is 0.0818. The number of hydrogen-bond acceptors (Lipinski definition) is 10. The van der Waals surface area contributed by atoms with Gasteiger partial charge in [0.1, 0.15) is 17.6 Å². The number of hydrogen-bond donors (Lipinski definition) is 6. The molecule has 53 heavy (non-hydrogen) atoms. The number of amides is 2. The van der Waals surface area contributed by atoms with E-state index >= 15 is 0 Å². The Morgan fingerprint density at radius 2 is 1.85 bits per heavy atom. The van der Waals surface area contributed by atoms with E-state index in [4.69, 9.17) is 32.7 Å². The number of phenols is 1. The van der Waals surface area contributed by atoms with Crippen LogP contribution in [0.1, 0.15) is 36.5 Å². The van der Waals surface area contributed by atoms with Crippen LogP contribution in [0.25, 0.3) is 21.3 Å². The first-order valence-electron chi connectivity index (χ1n) is 17.0. The number of carbonyl (C=O) groups excluding carboxylic acids is 2. The lowest BCUT2D eigenvalue weighted by Gasteiger charge is -2.31. The normalized spacial score (nSPS) is 14.2. The van der Waals surface area contributed by atoms with Crippen LogP contribution in [0.4, 0.5) is 16.2 Å². The number of rotatable bonds is 13. The molecule has 0 radical (unpaired) electrons. The molecule has 0 aliphatic carbocycles. The molecule has 5 aromatic rings. The summed E-state index contributed by atoms with van der Waals surface area (Å²) in [4.78, 5) is 43.0. The van der Waals surface area contributed by atoms with Crippen molar-refractivity contribution in [3.63, 3.8) is 0 Å². The number of phenolic OH excluding ortho intramolecular Hbond substituents is 1. The second-order valence-electron chi connectivity index (χ2n) is 12.6. The maximum absolute atomic E-state index is 12.9. The maximum Gasteiger partial charge on any atom is 0.411 e. The van der Waals surface area contributed by atoms with E-state index in [1.165, 1.54) is 30.6 Å². The molecule has 12 nitrogen and oxygen atoms in total. The summed E-state index contributed by atoms with van der Waals surface area (Å²) in [6, 6.07) is 18.6. The van der Waals surface area contributed by atoms with Crippen LogP contribution in [0.2, 0.25) is 10.0 Å². The van der Waals surface area contributed by atoms with Gasteiger partial charge in [-0.25, -0.2) is 4.79 Å². The quantitative estimate of drug-likeness (QED) is 0.0729. The Labute approximate surface area is 319 Å². The highest BCUT2D eigenvalue weighted by atomic mass is 35.5. The molecule has 1 unspecified atom stereocenters. The number of pyridine rings is 1. The van der Waals surface area contributed by atoms with E-state index in [0.29, 0.717) is 77.1 Å². The largest absolute Gasteiger partial charge is 0.506 e. The number of H-pyrrole nitrogens is 1. The van der Waals surface area contributed by atoms with Crippen LogP contribution in [-0.2, 0) is 16.1 Å². The average Bonchev–Trinajstić information content (AvgIpc) is 3.60. The number of thiophene rings is 1. The number of carbonyl (C=O) groups is 2. The van der Waals surface area contributed by atoms with E-state index < -0.39 is 12.2 Å². The fourth-order valence-corrected chi connectivity index (χ4v) is 7.57. The van der Waals surface area contributed by atoms with Gasteiger partial charge in [0.2, 0.25) is 11.5 Å². The van der Waals surface area contributed by atoms with Crippen molar-refractivity contribution < 1.29 is 29.3 Å². The molecule has 1 aliphatic rings. The molecule has 6 rings (SSSR count). The second kappa shape index (κ2) is 17.5. The highest BCUT2D eigenvalue weighted by Crippen LogP contribution is 2.35. The van der Waals surface area contributed by atoms with E-state index in [1.807, 2.05) is 29.6 Å². The summed E-state index contributed by atoms with van der Waals surface area (Å²) in [5, 5.41) is 33.4. The van der Waals surface area contributed by atoms with Gasteiger partial charge in [-0.1, -0.05) is 41.4 Å². The standard InChI is InChI=1S/C38H39Cl2N5O7S/c1-51-33-19-30(28(40)18-23(33)20-41-21-32(47)26-5-7-31(46)36-27(26)6-8-34(48)44-36)42-35(49)11-15-45-13-9-25(10-14-45)52-38(50)43-29-12-16-53-37(29)22-3-2-4-24(39)17-22/h2-8,12,16-19,25,32,41,46-47H,9-11,13-15,20-21H2,1H3,(H,42,49)(H,43,50)(H,44,48). The van der Waals surface area contributed by atoms with Gasteiger partial charge >= 0.3 is 6.09 Å². The minimum Gasteiger partial charge on any atom is -0.506 e. The zero-order chi connectivity index (χ0) is 37.5. The number of aromatic amines is 1. The van der Waals surface area contributed by atoms with Gasteiger partial charge in [-0.15, -0.1) is 11.3 Å². The third-order valence-corrected chi connectivity index (χ3v) is 10.5. The molecular formula is C38H39Cl2N5O7S. The summed E-state index contributed by atoms with van der Waals surface area (Å²) in [6.45, 7) is 2.37. The Morgan fingerprint density at radius 3 is 2.62 bits per heavy atom. The topological polar surface area (TPSA) is 165 Å². The number of benzene rings is 3. The van der Waals surface area contributed by atoms with Crippen molar-refractivity contribution in [2.24, 2.45) is 0 Å². The van der Waals surface area contributed by atoms with Crippen molar-refractivity contribution in [1.82, 2.24) is 15.2 Å². The molecule has 3 aromatic carbocycles. The lowest BCUT2D eigenvalue weighted by atomic mass is 10.0. The molecule has 6 N–H and O–H groups in total. The van der Waals surface area contributed by atoms with E-state index in [9.17, 15) is 24.6 Å². The van der Waals surface area contributed by atoms with Crippen molar-refractivity contribution >= 4 is 68.8 Å². The number of nitrogens with zero attached hydrogens (tertiary/aromatic N) is 1. The molecule has 1 aliphatic heterocycles. The van der Waals surface area contributed by atoms with Crippen LogP contribution in [0, 0.1) is 0 Å². The molecule has 2 amide bonds. The number of aliphatic hydroxyl groups excluding tert-OH is 1. The predicted octanol–water partition coefficient (Wildman–Crippen LogP) is 7.14. The van der Waals surface area contributed by atoms with E-state index in [1.54, 1.807) is 30.3 Å². The van der Waals surface area contributed by atoms with Gasteiger partial charge in [0.25, 0.3) is 0 Å². The van der Waals surface area contributed by atoms with Gasteiger partial charge in [-0.3, -0.25) is 14.9 Å². The van der Waals surface area contributed by atoms with Crippen LogP contribution in [0.3, 0.4) is 0 Å². The molecule has 1 saturated heterocycles. The molecule has 1 fully saturated rings. The number of anilines is 2. The molecule has 278 valence electrons. The third-order valence-electron chi connectivity index (χ3n) is 9.02. The molecule has 0 saturated carbocycles. The van der Waals surface area contributed by atoms with Gasteiger partial charge in [0.05, 0.1) is 40.0 Å². The Balaban J connectivity index is 0.939. The number of aromatic nitrogens is 1. The minimum atomic E-state index is -0.937. The molecule has 0 bridgehead atoms. The van der Waals surface area contributed by atoms with E-state index in [-0.39, 0.29) is 41.8 Å². The zero-order valence-corrected chi connectivity index (χ0v) is 31.1. The number of aliphatic hydroxyl groups is 1. The first kappa shape index (κ1) is 38.1. The molecule has 1 atom stereocenters. The molecule has 0 spiro atoms. The van der Waals surface area contributed by atoms with Crippen LogP contribution in [0.5, 0.6) is 11.5 Å². The summed E-state index contributed by atoms with van der Waals surface area (Å²) in [7, 11) is 1.52. The summed E-state index contributed by atoms with van der Waals surface area (Å²) < 4.78 is 11.3. The average molecular weight is 781 g/mol.